The van der Waals surface area contributed by atoms with Gasteiger partial charge in [-0.3, -0.25) is 0 Å². The summed E-state index contributed by atoms with van der Waals surface area (Å²) in [5.74, 6) is 2.34. The molecule has 0 heterocycles. The van der Waals surface area contributed by atoms with Gasteiger partial charge in [0.05, 0.1) is 6.10 Å². The van der Waals surface area contributed by atoms with E-state index in [0.29, 0.717) is 6.42 Å². The van der Waals surface area contributed by atoms with Crippen LogP contribution in [-0.4, -0.2) is 11.2 Å². The van der Waals surface area contributed by atoms with Crippen LogP contribution in [0.3, 0.4) is 0 Å². The van der Waals surface area contributed by atoms with E-state index in [1.165, 1.54) is 0 Å². The van der Waals surface area contributed by atoms with Gasteiger partial charge >= 0.3 is 0 Å². The SMILES string of the molecule is C#CCC(O)C(=C)C. The predicted molar refractivity (Wildman–Crippen MR) is 34.3 cm³/mol. The van der Waals surface area contributed by atoms with Crippen molar-refractivity contribution in [1.82, 2.24) is 0 Å². The molecule has 0 aromatic carbocycles. The normalized spacial score (nSPS) is 12.1. The fraction of sp³-hybridized carbons (Fsp3) is 0.429. The Bertz CT molecular complexity index is 119. The first kappa shape index (κ1) is 7.26. The predicted octanol–water partition coefficient (Wildman–Crippen LogP) is 0.947. The quantitative estimate of drug-likeness (QED) is 0.414. The highest BCUT2D eigenvalue weighted by molar-refractivity contribution is 5.02. The molecule has 1 nitrogen and oxygen atoms in total. The molecule has 0 aromatic heterocycles. The van der Waals surface area contributed by atoms with Crippen LogP contribution in [0.2, 0.25) is 0 Å². The van der Waals surface area contributed by atoms with Gasteiger partial charge in [-0.15, -0.1) is 12.3 Å². The smallest absolute Gasteiger partial charge is 0.0853 e. The van der Waals surface area contributed by atoms with Crippen LogP contribution in [0.15, 0.2) is 12.2 Å². The second-order valence-corrected chi connectivity index (χ2v) is 1.77. The van der Waals surface area contributed by atoms with Crippen LogP contribution in [0.25, 0.3) is 0 Å². The van der Waals surface area contributed by atoms with Crippen molar-refractivity contribution in [3.63, 3.8) is 0 Å². The third-order valence-electron chi connectivity index (χ3n) is 0.880. The van der Waals surface area contributed by atoms with Crippen molar-refractivity contribution >= 4 is 0 Å². The molecule has 0 fully saturated rings. The lowest BCUT2D eigenvalue weighted by Gasteiger charge is -2.02. The van der Waals surface area contributed by atoms with Crippen molar-refractivity contribution < 1.29 is 5.11 Å². The van der Waals surface area contributed by atoms with Crippen LogP contribution in [0.1, 0.15) is 13.3 Å². The van der Waals surface area contributed by atoms with Gasteiger partial charge in [-0.1, -0.05) is 12.2 Å². The standard InChI is InChI=1S/C7H10O/c1-4-5-7(8)6(2)3/h1,7-8H,2,5H2,3H3. The molecule has 0 aromatic rings. The molecule has 1 N–H and O–H groups in total. The van der Waals surface area contributed by atoms with Crippen LogP contribution < -0.4 is 0 Å². The lowest BCUT2D eigenvalue weighted by molar-refractivity contribution is 0.217. The third kappa shape index (κ3) is 2.44. The Balaban J connectivity index is 3.52. The van der Waals surface area contributed by atoms with E-state index in [-0.39, 0.29) is 0 Å². The Morgan fingerprint density at radius 3 is 2.62 bits per heavy atom. The summed E-state index contributed by atoms with van der Waals surface area (Å²) in [6.45, 7) is 5.28. The first-order chi connectivity index (χ1) is 3.68. The first-order valence-electron chi connectivity index (χ1n) is 2.45. The average molecular weight is 110 g/mol. The van der Waals surface area contributed by atoms with Crippen molar-refractivity contribution in [2.75, 3.05) is 0 Å². The molecule has 44 valence electrons. The van der Waals surface area contributed by atoms with E-state index in [1.807, 2.05) is 0 Å². The van der Waals surface area contributed by atoms with Gasteiger partial charge in [0.1, 0.15) is 0 Å². The Hall–Kier alpha value is -0.740. The first-order valence-corrected chi connectivity index (χ1v) is 2.45. The molecular formula is C7H10O. The molecule has 0 saturated carbocycles. The van der Waals surface area contributed by atoms with Gasteiger partial charge in [-0.2, -0.15) is 0 Å². The molecule has 0 spiro atoms. The number of rotatable bonds is 2. The zero-order valence-electron chi connectivity index (χ0n) is 5.02. The lowest BCUT2D eigenvalue weighted by Crippen LogP contribution is -2.04. The second-order valence-electron chi connectivity index (χ2n) is 1.77. The van der Waals surface area contributed by atoms with E-state index in [4.69, 9.17) is 11.5 Å². The maximum atomic E-state index is 8.88. The monoisotopic (exact) mass is 110 g/mol. The minimum Gasteiger partial charge on any atom is -0.388 e. The molecule has 8 heavy (non-hydrogen) atoms. The molecule has 0 aliphatic rings. The van der Waals surface area contributed by atoms with Gasteiger partial charge in [-0.25, -0.2) is 0 Å². The Morgan fingerprint density at radius 2 is 2.50 bits per heavy atom. The van der Waals surface area contributed by atoms with Crippen LogP contribution in [-0.2, 0) is 0 Å². The van der Waals surface area contributed by atoms with Crippen molar-refractivity contribution in [3.05, 3.63) is 12.2 Å². The molecular weight excluding hydrogens is 100 g/mol. The van der Waals surface area contributed by atoms with Crippen molar-refractivity contribution in [3.8, 4) is 12.3 Å². The van der Waals surface area contributed by atoms with Crippen molar-refractivity contribution in [1.29, 1.82) is 0 Å². The molecule has 0 aliphatic carbocycles. The summed E-state index contributed by atoms with van der Waals surface area (Å²) in [6.07, 6.45) is 4.77. The van der Waals surface area contributed by atoms with Crippen LogP contribution in [0, 0.1) is 12.3 Å². The summed E-state index contributed by atoms with van der Waals surface area (Å²) in [5, 5.41) is 8.88. The van der Waals surface area contributed by atoms with E-state index in [9.17, 15) is 0 Å². The zero-order valence-corrected chi connectivity index (χ0v) is 5.02. The highest BCUT2D eigenvalue weighted by Crippen LogP contribution is 1.99. The van der Waals surface area contributed by atoms with E-state index in [2.05, 4.69) is 12.5 Å². The van der Waals surface area contributed by atoms with Crippen molar-refractivity contribution in [2.45, 2.75) is 19.4 Å². The van der Waals surface area contributed by atoms with Gasteiger partial charge in [-0.05, 0) is 6.92 Å². The fourth-order valence-electron chi connectivity index (χ4n) is 0.286. The van der Waals surface area contributed by atoms with E-state index < -0.39 is 6.10 Å². The minimum atomic E-state index is -0.514. The van der Waals surface area contributed by atoms with Gasteiger partial charge in [0.25, 0.3) is 0 Å². The fourth-order valence-corrected chi connectivity index (χ4v) is 0.286. The third-order valence-corrected chi connectivity index (χ3v) is 0.880. The number of terminal acetylenes is 1. The summed E-state index contributed by atoms with van der Waals surface area (Å²) < 4.78 is 0. The van der Waals surface area contributed by atoms with Gasteiger partial charge in [0.15, 0.2) is 0 Å². The van der Waals surface area contributed by atoms with Crippen molar-refractivity contribution in [2.24, 2.45) is 0 Å². The molecule has 0 bridgehead atoms. The Kier molecular flexibility index (Phi) is 2.98. The Labute approximate surface area is 50.0 Å². The highest BCUT2D eigenvalue weighted by Gasteiger charge is 1.98. The van der Waals surface area contributed by atoms with Crippen LogP contribution >= 0.6 is 0 Å². The van der Waals surface area contributed by atoms with Crippen LogP contribution in [0.4, 0.5) is 0 Å². The van der Waals surface area contributed by atoms with Crippen LogP contribution in [0.5, 0.6) is 0 Å². The number of hydrogen-bond acceptors (Lipinski definition) is 1. The van der Waals surface area contributed by atoms with Gasteiger partial charge in [0.2, 0.25) is 0 Å². The number of aliphatic hydroxyl groups is 1. The van der Waals surface area contributed by atoms with E-state index in [0.717, 1.165) is 5.57 Å². The number of aliphatic hydroxyl groups excluding tert-OH is 1. The molecule has 0 radical (unpaired) electrons. The molecule has 1 atom stereocenters. The summed E-state index contributed by atoms with van der Waals surface area (Å²) in [4.78, 5) is 0. The maximum Gasteiger partial charge on any atom is 0.0853 e. The molecule has 1 unspecified atom stereocenters. The summed E-state index contributed by atoms with van der Waals surface area (Å²) in [6, 6.07) is 0. The topological polar surface area (TPSA) is 20.2 Å². The summed E-state index contributed by atoms with van der Waals surface area (Å²) in [7, 11) is 0. The van der Waals surface area contributed by atoms with Gasteiger partial charge < -0.3 is 5.11 Å². The maximum absolute atomic E-state index is 8.88. The molecule has 0 aliphatic heterocycles. The summed E-state index contributed by atoms with van der Waals surface area (Å²) >= 11 is 0. The highest BCUT2D eigenvalue weighted by atomic mass is 16.3. The second kappa shape index (κ2) is 3.29. The average Bonchev–Trinajstić information content (AvgIpc) is 1.67. The summed E-state index contributed by atoms with van der Waals surface area (Å²) in [5.41, 5.74) is 0.725. The molecule has 1 heteroatoms. The molecule has 0 saturated heterocycles. The van der Waals surface area contributed by atoms with E-state index in [1.54, 1.807) is 6.92 Å². The molecule has 0 rings (SSSR count). The number of hydrogen-bond donors (Lipinski definition) is 1. The zero-order chi connectivity index (χ0) is 6.57. The van der Waals surface area contributed by atoms with Gasteiger partial charge in [0, 0.05) is 6.42 Å². The molecule has 0 amide bonds. The lowest BCUT2D eigenvalue weighted by atomic mass is 10.1. The van der Waals surface area contributed by atoms with E-state index >= 15 is 0 Å². The largest absolute Gasteiger partial charge is 0.388 e. The minimum absolute atomic E-state index is 0.370. The Morgan fingerprint density at radius 1 is 2.00 bits per heavy atom.